The van der Waals surface area contributed by atoms with E-state index in [1.165, 1.54) is 30.3 Å². The monoisotopic (exact) mass is 346 g/mol. The van der Waals surface area contributed by atoms with Gasteiger partial charge in [0.1, 0.15) is 0 Å². The first-order chi connectivity index (χ1) is 10.3. The smallest absolute Gasteiger partial charge is 0.418 e. The molecule has 22 heavy (non-hydrogen) atoms. The van der Waals surface area contributed by atoms with Crippen molar-refractivity contribution in [3.63, 3.8) is 0 Å². The molecule has 3 nitrogen and oxygen atoms in total. The van der Waals surface area contributed by atoms with Crippen LogP contribution in [0.5, 0.6) is 5.75 Å². The lowest BCUT2D eigenvalue weighted by molar-refractivity contribution is -0.136. The summed E-state index contributed by atoms with van der Waals surface area (Å²) in [6, 6.07) is 9.47. The molecule has 0 aromatic heterocycles. The van der Waals surface area contributed by atoms with Crippen molar-refractivity contribution in [1.29, 1.82) is 0 Å². The zero-order valence-corrected chi connectivity index (χ0v) is 12.5. The minimum absolute atomic E-state index is 0.100. The van der Waals surface area contributed by atoms with Crippen molar-refractivity contribution in [2.75, 3.05) is 10.6 Å². The molecule has 0 radical (unpaired) electrons. The molecule has 2 aromatic rings. The van der Waals surface area contributed by atoms with E-state index >= 15 is 0 Å². The number of anilines is 2. The van der Waals surface area contributed by atoms with Gasteiger partial charge in [-0.1, -0.05) is 29.8 Å². The van der Waals surface area contributed by atoms with Crippen molar-refractivity contribution in [2.24, 2.45) is 0 Å². The Kier molecular flexibility index (Phi) is 4.77. The van der Waals surface area contributed by atoms with Crippen LogP contribution in [0.4, 0.5) is 24.5 Å². The van der Waals surface area contributed by atoms with Crippen LogP contribution in [-0.4, -0.2) is 10.2 Å². The summed E-state index contributed by atoms with van der Waals surface area (Å²) in [5, 5.41) is 14.8. The quantitative estimate of drug-likeness (QED) is 0.536. The van der Waals surface area contributed by atoms with Crippen molar-refractivity contribution >= 4 is 40.3 Å². The summed E-state index contributed by atoms with van der Waals surface area (Å²) in [5.74, 6) is -0.238. The number of phenols is 1. The number of para-hydroxylation sites is 2. The molecule has 0 aliphatic carbocycles. The predicted molar refractivity (Wildman–Crippen MR) is 84.4 cm³/mol. The third kappa shape index (κ3) is 3.80. The lowest BCUT2D eigenvalue weighted by atomic mass is 10.1. The molecule has 0 atom stereocenters. The zero-order valence-electron chi connectivity index (χ0n) is 10.9. The van der Waals surface area contributed by atoms with Gasteiger partial charge in [0.2, 0.25) is 0 Å². The Labute approximate surface area is 134 Å². The Morgan fingerprint density at radius 2 is 1.59 bits per heavy atom. The van der Waals surface area contributed by atoms with Gasteiger partial charge in [0.05, 0.1) is 22.0 Å². The van der Waals surface area contributed by atoms with E-state index < -0.39 is 11.7 Å². The summed E-state index contributed by atoms with van der Waals surface area (Å²) in [5.41, 5.74) is -0.835. The summed E-state index contributed by atoms with van der Waals surface area (Å²) in [6.07, 6.45) is -4.50. The third-order valence-electron chi connectivity index (χ3n) is 2.72. The first-order valence-corrected chi connectivity index (χ1v) is 6.79. The highest BCUT2D eigenvalue weighted by Crippen LogP contribution is 2.35. The second-order valence-electron chi connectivity index (χ2n) is 4.26. The van der Waals surface area contributed by atoms with Crippen LogP contribution >= 0.6 is 23.8 Å². The standard InChI is InChI=1S/C14H10ClF3N2OS/c15-9-5-3-7-11(12(9)21)20-13(22)19-10-6-2-1-4-8(10)14(16,17)18/h1-7,21H,(H2,19,20,22). The van der Waals surface area contributed by atoms with Crippen LogP contribution in [0.2, 0.25) is 5.02 Å². The number of halogens is 4. The summed E-state index contributed by atoms with van der Waals surface area (Å²) in [4.78, 5) is 0. The van der Waals surface area contributed by atoms with E-state index in [-0.39, 0.29) is 27.3 Å². The van der Waals surface area contributed by atoms with Crippen molar-refractivity contribution in [1.82, 2.24) is 0 Å². The molecule has 116 valence electrons. The summed E-state index contributed by atoms with van der Waals surface area (Å²) in [6.45, 7) is 0. The number of hydrogen-bond donors (Lipinski definition) is 3. The van der Waals surface area contributed by atoms with Crippen molar-refractivity contribution < 1.29 is 18.3 Å². The summed E-state index contributed by atoms with van der Waals surface area (Å²) >= 11 is 10.7. The van der Waals surface area contributed by atoms with Crippen LogP contribution < -0.4 is 10.6 Å². The van der Waals surface area contributed by atoms with Crippen LogP contribution in [0.25, 0.3) is 0 Å². The summed E-state index contributed by atoms with van der Waals surface area (Å²) in [7, 11) is 0. The minimum atomic E-state index is -4.50. The molecule has 0 saturated heterocycles. The number of hydrogen-bond acceptors (Lipinski definition) is 2. The minimum Gasteiger partial charge on any atom is -0.504 e. The van der Waals surface area contributed by atoms with Crippen molar-refractivity contribution in [3.8, 4) is 5.75 Å². The maximum Gasteiger partial charge on any atom is 0.418 e. The molecule has 0 aliphatic heterocycles. The lowest BCUT2D eigenvalue weighted by Gasteiger charge is -2.16. The molecule has 0 heterocycles. The van der Waals surface area contributed by atoms with E-state index in [2.05, 4.69) is 10.6 Å². The lowest BCUT2D eigenvalue weighted by Crippen LogP contribution is -2.21. The molecule has 0 amide bonds. The fourth-order valence-corrected chi connectivity index (χ4v) is 2.13. The molecular formula is C14H10ClF3N2OS. The number of nitrogens with one attached hydrogen (secondary N) is 2. The van der Waals surface area contributed by atoms with Gasteiger partial charge in [0.25, 0.3) is 0 Å². The van der Waals surface area contributed by atoms with E-state index in [1.54, 1.807) is 6.07 Å². The van der Waals surface area contributed by atoms with Gasteiger partial charge in [0, 0.05) is 0 Å². The Hall–Kier alpha value is -1.99. The molecule has 8 heteroatoms. The molecular weight excluding hydrogens is 337 g/mol. The van der Waals surface area contributed by atoms with Crippen LogP contribution in [0.1, 0.15) is 5.56 Å². The fourth-order valence-electron chi connectivity index (χ4n) is 1.73. The average molecular weight is 347 g/mol. The van der Waals surface area contributed by atoms with Gasteiger partial charge in [-0.2, -0.15) is 13.2 Å². The zero-order chi connectivity index (χ0) is 16.3. The first kappa shape index (κ1) is 16.4. The Balaban J connectivity index is 2.18. The van der Waals surface area contributed by atoms with Crippen molar-refractivity contribution in [2.45, 2.75) is 6.18 Å². The number of thiocarbonyl (C=S) groups is 1. The topological polar surface area (TPSA) is 44.3 Å². The molecule has 0 spiro atoms. The van der Waals surface area contributed by atoms with Crippen LogP contribution in [0, 0.1) is 0 Å². The second-order valence-corrected chi connectivity index (χ2v) is 5.07. The number of rotatable bonds is 2. The Morgan fingerprint density at radius 1 is 1.00 bits per heavy atom. The maximum atomic E-state index is 12.9. The van der Waals surface area contributed by atoms with Gasteiger partial charge in [-0.05, 0) is 36.5 Å². The second kappa shape index (κ2) is 6.41. The Bertz CT molecular complexity index is 707. The van der Waals surface area contributed by atoms with Gasteiger partial charge in [-0.25, -0.2) is 0 Å². The van der Waals surface area contributed by atoms with E-state index in [1.807, 2.05) is 0 Å². The number of benzene rings is 2. The molecule has 0 saturated carbocycles. The third-order valence-corrected chi connectivity index (χ3v) is 3.22. The average Bonchev–Trinajstić information content (AvgIpc) is 2.43. The number of aromatic hydroxyl groups is 1. The predicted octanol–water partition coefficient (Wildman–Crippen LogP) is 4.87. The molecule has 0 unspecified atom stereocenters. The van der Waals surface area contributed by atoms with Crippen LogP contribution in [0.3, 0.4) is 0 Å². The van der Waals surface area contributed by atoms with Gasteiger partial charge in [0.15, 0.2) is 10.9 Å². The highest BCUT2D eigenvalue weighted by atomic mass is 35.5. The number of alkyl halides is 3. The SMILES string of the molecule is Oc1c(Cl)cccc1NC(=S)Nc1ccccc1C(F)(F)F. The highest BCUT2D eigenvalue weighted by Gasteiger charge is 2.33. The Morgan fingerprint density at radius 3 is 2.27 bits per heavy atom. The molecule has 0 fully saturated rings. The largest absolute Gasteiger partial charge is 0.504 e. The van der Waals surface area contributed by atoms with Crippen LogP contribution in [-0.2, 0) is 6.18 Å². The van der Waals surface area contributed by atoms with Gasteiger partial charge in [-0.3, -0.25) is 0 Å². The molecule has 0 aliphatic rings. The van der Waals surface area contributed by atoms with Gasteiger partial charge in [-0.15, -0.1) is 0 Å². The van der Waals surface area contributed by atoms with E-state index in [0.29, 0.717) is 0 Å². The highest BCUT2D eigenvalue weighted by molar-refractivity contribution is 7.80. The van der Waals surface area contributed by atoms with E-state index in [4.69, 9.17) is 23.8 Å². The van der Waals surface area contributed by atoms with Gasteiger partial charge >= 0.3 is 6.18 Å². The van der Waals surface area contributed by atoms with Crippen LogP contribution in [0.15, 0.2) is 42.5 Å². The van der Waals surface area contributed by atoms with Crippen molar-refractivity contribution in [3.05, 3.63) is 53.1 Å². The molecule has 0 bridgehead atoms. The summed E-state index contributed by atoms with van der Waals surface area (Å²) < 4.78 is 38.6. The molecule has 3 N–H and O–H groups in total. The maximum absolute atomic E-state index is 12.9. The normalized spacial score (nSPS) is 11.1. The fraction of sp³-hybridized carbons (Fsp3) is 0.0714. The van der Waals surface area contributed by atoms with Gasteiger partial charge < -0.3 is 15.7 Å². The van der Waals surface area contributed by atoms with E-state index in [0.717, 1.165) is 6.07 Å². The first-order valence-electron chi connectivity index (χ1n) is 6.01. The molecule has 2 aromatic carbocycles. The molecule has 2 rings (SSSR count). The van der Waals surface area contributed by atoms with E-state index in [9.17, 15) is 18.3 Å². The number of phenolic OH excluding ortho intramolecular Hbond substituents is 1.